The molecule has 5 rings (SSSR count). The number of rotatable bonds is 7. The second kappa shape index (κ2) is 13.1. The summed E-state index contributed by atoms with van der Waals surface area (Å²) in [5.41, 5.74) is 10.4. The Hall–Kier alpha value is -4.39. The zero-order valence-electron chi connectivity index (χ0n) is 23.7. The number of aliphatic imine (C=N–C) groups is 1. The van der Waals surface area contributed by atoms with E-state index in [2.05, 4.69) is 69.8 Å². The van der Waals surface area contributed by atoms with Crippen molar-refractivity contribution >= 4 is 34.3 Å². The second-order valence-corrected chi connectivity index (χ2v) is 11.7. The fraction of sp³-hybridized carbons (Fsp3) is 0.273. The first-order chi connectivity index (χ1) is 20.4. The van der Waals surface area contributed by atoms with Gasteiger partial charge in [-0.05, 0) is 43.2 Å². The number of thioether (sulfide) groups is 1. The first-order valence-electron chi connectivity index (χ1n) is 14.0. The molecule has 9 heteroatoms. The Morgan fingerprint density at radius 1 is 0.952 bits per heavy atom. The van der Waals surface area contributed by atoms with Crippen molar-refractivity contribution in [2.24, 2.45) is 10.7 Å². The summed E-state index contributed by atoms with van der Waals surface area (Å²) in [5.74, 6) is -0.554. The maximum Gasteiger partial charge on any atom is 0.258 e. The number of piperazine rings is 1. The van der Waals surface area contributed by atoms with E-state index in [9.17, 15) is 14.9 Å². The minimum atomic E-state index is -0.797. The molecule has 2 aliphatic heterocycles. The summed E-state index contributed by atoms with van der Waals surface area (Å²) in [6, 6.07) is 29.6. The molecule has 0 saturated carbocycles. The lowest BCUT2D eigenvalue weighted by Crippen LogP contribution is -2.50. The summed E-state index contributed by atoms with van der Waals surface area (Å²) < 4.78 is 0. The van der Waals surface area contributed by atoms with Gasteiger partial charge in [0.05, 0.1) is 23.2 Å². The van der Waals surface area contributed by atoms with E-state index in [0.29, 0.717) is 48.0 Å². The van der Waals surface area contributed by atoms with Gasteiger partial charge in [0.15, 0.2) is 0 Å². The normalized spacial score (nSPS) is 18.5. The van der Waals surface area contributed by atoms with E-state index in [4.69, 9.17) is 5.73 Å². The van der Waals surface area contributed by atoms with Crippen molar-refractivity contribution in [1.82, 2.24) is 9.80 Å². The van der Waals surface area contributed by atoms with Gasteiger partial charge in [-0.15, -0.1) is 0 Å². The number of nitrogens with zero attached hydrogens (tertiary/aromatic N) is 4. The summed E-state index contributed by atoms with van der Waals surface area (Å²) in [6.45, 7) is 6.30. The van der Waals surface area contributed by atoms with E-state index in [-0.39, 0.29) is 29.6 Å². The van der Waals surface area contributed by atoms with Crippen LogP contribution in [0, 0.1) is 11.3 Å². The topological polar surface area (TPSA) is 115 Å². The Morgan fingerprint density at radius 2 is 1.57 bits per heavy atom. The Morgan fingerprint density at radius 3 is 2.14 bits per heavy atom. The molecule has 3 aromatic carbocycles. The van der Waals surface area contributed by atoms with E-state index in [1.807, 2.05) is 30.9 Å². The maximum atomic E-state index is 13.9. The van der Waals surface area contributed by atoms with Gasteiger partial charge in [-0.2, -0.15) is 5.26 Å². The SMILES string of the molecule is CC(C)N=C1S[C@@H](C(=O)Nc2cccc(C#N)c2)C(N)=C1C(=O)N1CCN(C(c2ccccc2)c2ccccc2)CC1. The molecule has 0 aromatic heterocycles. The van der Waals surface area contributed by atoms with Gasteiger partial charge in [0.2, 0.25) is 5.91 Å². The zero-order valence-corrected chi connectivity index (χ0v) is 24.6. The third-order valence-electron chi connectivity index (χ3n) is 7.30. The van der Waals surface area contributed by atoms with Gasteiger partial charge in [0, 0.05) is 43.6 Å². The molecule has 0 bridgehead atoms. The molecule has 214 valence electrons. The molecule has 8 nitrogen and oxygen atoms in total. The zero-order chi connectivity index (χ0) is 29.6. The first-order valence-corrected chi connectivity index (χ1v) is 14.9. The quantitative estimate of drug-likeness (QED) is 0.425. The molecule has 1 saturated heterocycles. The van der Waals surface area contributed by atoms with Crippen LogP contribution >= 0.6 is 11.8 Å². The number of hydrogen-bond donors (Lipinski definition) is 2. The highest BCUT2D eigenvalue weighted by Gasteiger charge is 2.40. The van der Waals surface area contributed by atoms with E-state index in [1.54, 1.807) is 24.3 Å². The number of carbonyl (C=O) groups is 2. The lowest BCUT2D eigenvalue weighted by molar-refractivity contribution is -0.128. The lowest BCUT2D eigenvalue weighted by atomic mass is 9.96. The number of nitriles is 1. The van der Waals surface area contributed by atoms with Crippen LogP contribution in [0.2, 0.25) is 0 Å². The lowest BCUT2D eigenvalue weighted by Gasteiger charge is -2.40. The van der Waals surface area contributed by atoms with E-state index in [1.165, 1.54) is 22.9 Å². The Balaban J connectivity index is 1.34. The van der Waals surface area contributed by atoms with E-state index >= 15 is 0 Å². The molecule has 2 amide bonds. The summed E-state index contributed by atoms with van der Waals surface area (Å²) in [5, 5.41) is 11.7. The summed E-state index contributed by atoms with van der Waals surface area (Å²) in [7, 11) is 0. The number of hydrogen-bond acceptors (Lipinski definition) is 7. The van der Waals surface area contributed by atoms with Crippen LogP contribution < -0.4 is 11.1 Å². The van der Waals surface area contributed by atoms with Crippen LogP contribution in [0.4, 0.5) is 5.69 Å². The molecule has 3 aromatic rings. The number of benzene rings is 3. The molecule has 3 N–H and O–H groups in total. The summed E-state index contributed by atoms with van der Waals surface area (Å²) in [4.78, 5) is 36.1. The highest BCUT2D eigenvalue weighted by atomic mass is 32.2. The van der Waals surface area contributed by atoms with Crippen molar-refractivity contribution in [3.8, 4) is 6.07 Å². The standard InChI is InChI=1S/C33H34N6O2S/c1-22(2)36-32-27(28(35)30(42-32)31(40)37-26-15-9-10-23(20-26)21-34)33(41)39-18-16-38(17-19-39)29(24-11-5-3-6-12-24)25-13-7-4-8-14-25/h3-15,20,22,29-30H,16-19,35H2,1-2H3,(H,37,40)/t30-/m1/s1. The smallest absolute Gasteiger partial charge is 0.258 e. The highest BCUT2D eigenvalue weighted by molar-refractivity contribution is 8.16. The number of nitrogens with one attached hydrogen (secondary N) is 1. The minimum Gasteiger partial charge on any atom is -0.400 e. The number of anilines is 1. The average molecular weight is 579 g/mol. The summed E-state index contributed by atoms with van der Waals surface area (Å²) in [6.07, 6.45) is 0. The van der Waals surface area contributed by atoms with E-state index in [0.717, 1.165) is 0 Å². The van der Waals surface area contributed by atoms with Gasteiger partial charge in [-0.3, -0.25) is 19.5 Å². The number of amides is 2. The Labute approximate surface area is 250 Å². The highest BCUT2D eigenvalue weighted by Crippen LogP contribution is 2.36. The third-order valence-corrected chi connectivity index (χ3v) is 8.53. The number of nitrogens with two attached hydrogens (primary N) is 1. The molecule has 0 aliphatic carbocycles. The van der Waals surface area contributed by atoms with Crippen LogP contribution in [-0.4, -0.2) is 64.1 Å². The van der Waals surface area contributed by atoms with Gasteiger partial charge in [-0.25, -0.2) is 0 Å². The van der Waals surface area contributed by atoms with Crippen LogP contribution in [0.25, 0.3) is 0 Å². The fourth-order valence-electron chi connectivity index (χ4n) is 5.33. The first kappa shape index (κ1) is 29.1. The van der Waals surface area contributed by atoms with Gasteiger partial charge in [-0.1, -0.05) is 78.5 Å². The Bertz CT molecular complexity index is 1500. The van der Waals surface area contributed by atoms with Crippen LogP contribution in [0.5, 0.6) is 0 Å². The van der Waals surface area contributed by atoms with E-state index < -0.39 is 5.25 Å². The van der Waals surface area contributed by atoms with Gasteiger partial charge < -0.3 is 16.0 Å². The van der Waals surface area contributed by atoms with Gasteiger partial charge in [0.1, 0.15) is 10.3 Å². The van der Waals surface area contributed by atoms with Crippen molar-refractivity contribution in [2.45, 2.75) is 31.2 Å². The molecule has 0 spiro atoms. The molecule has 0 unspecified atom stereocenters. The predicted molar refractivity (Wildman–Crippen MR) is 168 cm³/mol. The second-order valence-electron chi connectivity index (χ2n) is 10.6. The molecule has 0 radical (unpaired) electrons. The fourth-order valence-corrected chi connectivity index (χ4v) is 6.56. The molecule has 42 heavy (non-hydrogen) atoms. The molecule has 2 heterocycles. The van der Waals surface area contributed by atoms with Crippen LogP contribution in [0.3, 0.4) is 0 Å². The predicted octanol–water partition coefficient (Wildman–Crippen LogP) is 4.57. The molecular formula is C33H34N6O2S. The van der Waals surface area contributed by atoms with Crippen LogP contribution in [0.1, 0.15) is 36.6 Å². The van der Waals surface area contributed by atoms with Crippen molar-refractivity contribution < 1.29 is 9.59 Å². The Kier molecular flexibility index (Phi) is 9.06. The largest absolute Gasteiger partial charge is 0.400 e. The van der Waals surface area contributed by atoms with Gasteiger partial charge >= 0.3 is 0 Å². The minimum absolute atomic E-state index is 0.0772. The third kappa shape index (κ3) is 6.40. The number of carbonyl (C=O) groups excluding carboxylic acids is 2. The molecule has 2 aliphatic rings. The van der Waals surface area contributed by atoms with Crippen LogP contribution in [-0.2, 0) is 9.59 Å². The molecular weight excluding hydrogens is 544 g/mol. The van der Waals surface area contributed by atoms with Gasteiger partial charge in [0.25, 0.3) is 5.91 Å². The summed E-state index contributed by atoms with van der Waals surface area (Å²) >= 11 is 1.20. The molecule has 1 atom stereocenters. The van der Waals surface area contributed by atoms with Crippen molar-refractivity contribution in [3.63, 3.8) is 0 Å². The average Bonchev–Trinajstić information content (AvgIpc) is 3.33. The monoisotopic (exact) mass is 578 g/mol. The maximum absolute atomic E-state index is 13.9. The van der Waals surface area contributed by atoms with Crippen molar-refractivity contribution in [1.29, 1.82) is 5.26 Å². The van der Waals surface area contributed by atoms with Crippen molar-refractivity contribution in [2.75, 3.05) is 31.5 Å². The van der Waals surface area contributed by atoms with Crippen LogP contribution in [0.15, 0.2) is 101 Å². The van der Waals surface area contributed by atoms with Crippen molar-refractivity contribution in [3.05, 3.63) is 113 Å². The molecule has 1 fully saturated rings.